The molecule has 0 aliphatic rings. The standard InChI is InChI=1S/C27H24N6O/c1-2-20-11-13-21(14-12-20)26-24(19-33(31-26)23-9-4-3-5-10-23)27(34)29-25-15-17-32(30-25)18-22-8-6-7-16-28-22/h3-17,19H,2,18H2,1H3,(H,29,30,34). The normalized spacial score (nSPS) is 10.9. The number of nitrogens with zero attached hydrogens (tertiary/aromatic N) is 5. The lowest BCUT2D eigenvalue weighted by molar-refractivity contribution is 0.102. The first-order valence-corrected chi connectivity index (χ1v) is 11.2. The molecule has 5 rings (SSSR count). The molecule has 1 N–H and O–H groups in total. The summed E-state index contributed by atoms with van der Waals surface area (Å²) in [6.45, 7) is 2.64. The number of rotatable bonds is 7. The Balaban J connectivity index is 1.43. The van der Waals surface area contributed by atoms with Crippen LogP contribution in [0.1, 0.15) is 28.5 Å². The molecule has 0 saturated carbocycles. The van der Waals surface area contributed by atoms with Crippen molar-refractivity contribution in [1.29, 1.82) is 0 Å². The SMILES string of the molecule is CCc1ccc(-c2nn(-c3ccccc3)cc2C(=O)Nc2ccn(Cc3ccccn3)n2)cc1. The maximum atomic E-state index is 13.3. The van der Waals surface area contributed by atoms with E-state index in [1.54, 1.807) is 27.8 Å². The fourth-order valence-electron chi connectivity index (χ4n) is 3.72. The summed E-state index contributed by atoms with van der Waals surface area (Å²) in [5, 5.41) is 12.1. The van der Waals surface area contributed by atoms with Crippen LogP contribution in [-0.4, -0.2) is 30.5 Å². The van der Waals surface area contributed by atoms with E-state index in [1.807, 2.05) is 66.9 Å². The summed E-state index contributed by atoms with van der Waals surface area (Å²) in [6, 6.07) is 25.4. The molecule has 0 spiro atoms. The molecule has 7 nitrogen and oxygen atoms in total. The second-order valence-corrected chi connectivity index (χ2v) is 7.90. The molecule has 0 aliphatic carbocycles. The van der Waals surface area contributed by atoms with Gasteiger partial charge in [-0.3, -0.25) is 14.5 Å². The van der Waals surface area contributed by atoms with Crippen LogP contribution in [0.15, 0.2) is 97.5 Å². The fourth-order valence-corrected chi connectivity index (χ4v) is 3.72. The second-order valence-electron chi connectivity index (χ2n) is 7.90. The van der Waals surface area contributed by atoms with Crippen LogP contribution in [0.2, 0.25) is 0 Å². The number of hydrogen-bond donors (Lipinski definition) is 1. The first kappa shape index (κ1) is 21.3. The van der Waals surface area contributed by atoms with Crippen LogP contribution < -0.4 is 5.32 Å². The fraction of sp³-hybridized carbons (Fsp3) is 0.111. The summed E-state index contributed by atoms with van der Waals surface area (Å²) in [5.41, 5.74) is 5.00. The van der Waals surface area contributed by atoms with E-state index in [1.165, 1.54) is 5.56 Å². The van der Waals surface area contributed by atoms with Crippen molar-refractivity contribution in [2.75, 3.05) is 5.32 Å². The molecule has 0 saturated heterocycles. The van der Waals surface area contributed by atoms with E-state index in [0.29, 0.717) is 23.6 Å². The van der Waals surface area contributed by atoms with Gasteiger partial charge in [0.25, 0.3) is 5.91 Å². The number of amides is 1. The molecule has 34 heavy (non-hydrogen) atoms. The van der Waals surface area contributed by atoms with Crippen molar-refractivity contribution < 1.29 is 4.79 Å². The maximum absolute atomic E-state index is 13.3. The van der Waals surface area contributed by atoms with Gasteiger partial charge in [0.2, 0.25) is 0 Å². The van der Waals surface area contributed by atoms with Crippen LogP contribution in [0.3, 0.4) is 0 Å². The molecule has 0 radical (unpaired) electrons. The molecule has 0 bridgehead atoms. The molecule has 168 valence electrons. The first-order chi connectivity index (χ1) is 16.7. The van der Waals surface area contributed by atoms with Gasteiger partial charge < -0.3 is 5.32 Å². The Hall–Kier alpha value is -4.52. The van der Waals surface area contributed by atoms with E-state index in [4.69, 9.17) is 5.10 Å². The largest absolute Gasteiger partial charge is 0.305 e. The third-order valence-corrected chi connectivity index (χ3v) is 5.55. The first-order valence-electron chi connectivity index (χ1n) is 11.2. The van der Waals surface area contributed by atoms with Gasteiger partial charge in [-0.1, -0.05) is 55.5 Å². The monoisotopic (exact) mass is 448 g/mol. The number of para-hydroxylation sites is 1. The molecule has 1 amide bonds. The Bertz CT molecular complexity index is 1390. The zero-order chi connectivity index (χ0) is 23.3. The number of nitrogens with one attached hydrogen (secondary N) is 1. The number of aryl methyl sites for hydroxylation is 1. The van der Waals surface area contributed by atoms with E-state index in [9.17, 15) is 4.79 Å². The minimum absolute atomic E-state index is 0.264. The minimum Gasteiger partial charge on any atom is -0.305 e. The minimum atomic E-state index is -0.264. The highest BCUT2D eigenvalue weighted by atomic mass is 16.1. The molecule has 7 heteroatoms. The third kappa shape index (κ3) is 4.63. The third-order valence-electron chi connectivity index (χ3n) is 5.55. The number of carbonyl (C=O) groups excluding carboxylic acids is 1. The van der Waals surface area contributed by atoms with Gasteiger partial charge >= 0.3 is 0 Å². The Morgan fingerprint density at radius 1 is 0.912 bits per heavy atom. The number of pyridine rings is 1. The van der Waals surface area contributed by atoms with Gasteiger partial charge in [0, 0.05) is 30.2 Å². The van der Waals surface area contributed by atoms with Crippen molar-refractivity contribution in [1.82, 2.24) is 24.5 Å². The Morgan fingerprint density at radius 3 is 2.44 bits per heavy atom. The van der Waals surface area contributed by atoms with Crippen LogP contribution in [0, 0.1) is 0 Å². The molecule has 3 heterocycles. The number of hydrogen-bond acceptors (Lipinski definition) is 4. The number of benzene rings is 2. The summed E-state index contributed by atoms with van der Waals surface area (Å²) >= 11 is 0. The smallest absolute Gasteiger partial charge is 0.260 e. The van der Waals surface area contributed by atoms with Crippen molar-refractivity contribution in [3.63, 3.8) is 0 Å². The molecule has 0 atom stereocenters. The topological polar surface area (TPSA) is 77.6 Å². The Kier molecular flexibility index (Phi) is 5.99. The second kappa shape index (κ2) is 9.54. The quantitative estimate of drug-likeness (QED) is 0.380. The van der Waals surface area contributed by atoms with Gasteiger partial charge in [-0.15, -0.1) is 0 Å². The van der Waals surface area contributed by atoms with Crippen molar-refractivity contribution in [3.05, 3.63) is 114 Å². The van der Waals surface area contributed by atoms with Gasteiger partial charge in [-0.25, -0.2) is 4.68 Å². The number of anilines is 1. The molecule has 0 aliphatic heterocycles. The van der Waals surface area contributed by atoms with Crippen molar-refractivity contribution in [3.8, 4) is 16.9 Å². The highest BCUT2D eigenvalue weighted by Gasteiger charge is 2.19. The Morgan fingerprint density at radius 2 is 1.71 bits per heavy atom. The van der Waals surface area contributed by atoms with Gasteiger partial charge in [0.15, 0.2) is 5.82 Å². The molecular formula is C27H24N6O. The molecule has 5 aromatic rings. The predicted molar refractivity (Wildman–Crippen MR) is 132 cm³/mol. The van der Waals surface area contributed by atoms with Crippen molar-refractivity contribution in [2.24, 2.45) is 0 Å². The van der Waals surface area contributed by atoms with Gasteiger partial charge in [0.05, 0.1) is 23.5 Å². The van der Waals surface area contributed by atoms with Crippen LogP contribution in [0.4, 0.5) is 5.82 Å². The van der Waals surface area contributed by atoms with Crippen molar-refractivity contribution >= 4 is 11.7 Å². The van der Waals surface area contributed by atoms with Gasteiger partial charge in [-0.05, 0) is 36.2 Å². The number of carbonyl (C=O) groups is 1. The van der Waals surface area contributed by atoms with Crippen LogP contribution in [0.25, 0.3) is 16.9 Å². The maximum Gasteiger partial charge on any atom is 0.260 e. The summed E-state index contributed by atoms with van der Waals surface area (Å²) in [6.07, 6.45) is 6.29. The van der Waals surface area contributed by atoms with Gasteiger partial charge in [0.1, 0.15) is 5.69 Å². The van der Waals surface area contributed by atoms with Crippen LogP contribution in [-0.2, 0) is 13.0 Å². The lowest BCUT2D eigenvalue weighted by Crippen LogP contribution is -2.13. The average molecular weight is 449 g/mol. The zero-order valence-corrected chi connectivity index (χ0v) is 18.8. The highest BCUT2D eigenvalue weighted by molar-refractivity contribution is 6.07. The number of aromatic nitrogens is 5. The zero-order valence-electron chi connectivity index (χ0n) is 18.8. The van der Waals surface area contributed by atoms with E-state index >= 15 is 0 Å². The van der Waals surface area contributed by atoms with Crippen molar-refractivity contribution in [2.45, 2.75) is 19.9 Å². The van der Waals surface area contributed by atoms with E-state index in [2.05, 4.69) is 34.5 Å². The molecule has 2 aromatic carbocycles. The van der Waals surface area contributed by atoms with E-state index in [-0.39, 0.29) is 5.91 Å². The molecular weight excluding hydrogens is 424 g/mol. The summed E-state index contributed by atoms with van der Waals surface area (Å²) in [4.78, 5) is 17.6. The van der Waals surface area contributed by atoms with Crippen LogP contribution in [0.5, 0.6) is 0 Å². The molecule has 0 fully saturated rings. The average Bonchev–Trinajstić information content (AvgIpc) is 3.53. The Labute approximate surface area is 197 Å². The summed E-state index contributed by atoms with van der Waals surface area (Å²) in [5.74, 6) is 0.209. The van der Waals surface area contributed by atoms with E-state index < -0.39 is 0 Å². The van der Waals surface area contributed by atoms with E-state index in [0.717, 1.165) is 23.4 Å². The lowest BCUT2D eigenvalue weighted by Gasteiger charge is -2.04. The molecule has 3 aromatic heterocycles. The van der Waals surface area contributed by atoms with Crippen LogP contribution >= 0.6 is 0 Å². The summed E-state index contributed by atoms with van der Waals surface area (Å²) < 4.78 is 3.48. The predicted octanol–water partition coefficient (Wildman–Crippen LogP) is 4.99. The molecule has 0 unspecified atom stereocenters. The lowest BCUT2D eigenvalue weighted by atomic mass is 10.0. The highest BCUT2D eigenvalue weighted by Crippen LogP contribution is 2.25. The van der Waals surface area contributed by atoms with Gasteiger partial charge in [-0.2, -0.15) is 10.2 Å². The summed E-state index contributed by atoms with van der Waals surface area (Å²) in [7, 11) is 0.